The molecule has 1 aromatic rings. The summed E-state index contributed by atoms with van der Waals surface area (Å²) in [5, 5.41) is 21.7. The number of aliphatic hydroxyl groups is 2. The molecule has 6 heteroatoms. The van der Waals surface area contributed by atoms with Crippen molar-refractivity contribution in [3.8, 4) is 0 Å². The number of hydrogen-bond donors (Lipinski definition) is 4. The van der Waals surface area contributed by atoms with Crippen molar-refractivity contribution in [1.29, 1.82) is 0 Å². The van der Waals surface area contributed by atoms with E-state index < -0.39 is 18.2 Å². The molecule has 19 heavy (non-hydrogen) atoms. The minimum Gasteiger partial charge on any atom is -0.399 e. The number of β-amino-alcohol motifs (C(OH)–C–C–N with tert-alkyl or cyclic N) is 2. The van der Waals surface area contributed by atoms with Crippen molar-refractivity contribution in [3.05, 3.63) is 24.3 Å². The van der Waals surface area contributed by atoms with Gasteiger partial charge >= 0.3 is 0 Å². The lowest BCUT2D eigenvalue weighted by atomic mass is 10.2. The molecule has 3 unspecified atom stereocenters. The number of amides is 1. The number of rotatable bonds is 3. The minimum atomic E-state index is -0.785. The van der Waals surface area contributed by atoms with Crippen molar-refractivity contribution in [2.45, 2.75) is 25.2 Å². The molecule has 1 aliphatic heterocycles. The molecule has 3 atom stereocenters. The Morgan fingerprint density at radius 2 is 1.84 bits per heavy atom. The van der Waals surface area contributed by atoms with Crippen LogP contribution in [-0.2, 0) is 4.79 Å². The summed E-state index contributed by atoms with van der Waals surface area (Å²) in [4.78, 5) is 13.8. The van der Waals surface area contributed by atoms with Gasteiger partial charge in [-0.3, -0.25) is 9.69 Å². The molecule has 0 spiro atoms. The van der Waals surface area contributed by atoms with Crippen molar-refractivity contribution < 1.29 is 15.0 Å². The van der Waals surface area contributed by atoms with E-state index in [1.165, 1.54) is 0 Å². The van der Waals surface area contributed by atoms with Gasteiger partial charge in [0.1, 0.15) is 0 Å². The quantitative estimate of drug-likeness (QED) is 0.559. The summed E-state index contributed by atoms with van der Waals surface area (Å²) >= 11 is 0. The molecule has 0 saturated carbocycles. The van der Waals surface area contributed by atoms with E-state index in [-0.39, 0.29) is 5.91 Å². The average molecular weight is 265 g/mol. The standard InChI is InChI=1S/C13H19N3O3/c1-8(16-6-11(17)12(18)7-16)13(19)15-10-4-2-9(14)3-5-10/h2-5,8,11-12,17-18H,6-7,14H2,1H3,(H,15,19). The summed E-state index contributed by atoms with van der Waals surface area (Å²) in [5.74, 6) is -0.175. The van der Waals surface area contributed by atoms with Crippen molar-refractivity contribution in [2.24, 2.45) is 0 Å². The summed E-state index contributed by atoms with van der Waals surface area (Å²) in [7, 11) is 0. The monoisotopic (exact) mass is 265 g/mol. The van der Waals surface area contributed by atoms with Crippen molar-refractivity contribution in [2.75, 3.05) is 24.1 Å². The molecule has 1 aliphatic rings. The second kappa shape index (κ2) is 5.56. The first-order chi connectivity index (χ1) is 8.97. The highest BCUT2D eigenvalue weighted by molar-refractivity contribution is 5.94. The Hall–Kier alpha value is -1.63. The molecule has 0 radical (unpaired) electrons. The number of anilines is 2. The fourth-order valence-electron chi connectivity index (χ4n) is 2.09. The molecular formula is C13H19N3O3. The smallest absolute Gasteiger partial charge is 0.241 e. The summed E-state index contributed by atoms with van der Waals surface area (Å²) in [6, 6.07) is 6.47. The van der Waals surface area contributed by atoms with Crippen LogP contribution in [0.3, 0.4) is 0 Å². The van der Waals surface area contributed by atoms with E-state index in [2.05, 4.69) is 5.32 Å². The summed E-state index contributed by atoms with van der Waals surface area (Å²) in [6.45, 7) is 2.35. The highest BCUT2D eigenvalue weighted by Gasteiger charge is 2.34. The van der Waals surface area contributed by atoms with E-state index in [4.69, 9.17) is 5.73 Å². The predicted molar refractivity (Wildman–Crippen MR) is 72.5 cm³/mol. The molecule has 6 nitrogen and oxygen atoms in total. The molecule has 1 heterocycles. The molecule has 2 rings (SSSR count). The summed E-state index contributed by atoms with van der Waals surface area (Å²) in [5.41, 5.74) is 6.88. The van der Waals surface area contributed by atoms with Gasteiger partial charge in [-0.25, -0.2) is 0 Å². The third kappa shape index (κ3) is 3.23. The van der Waals surface area contributed by atoms with Gasteiger partial charge in [-0.2, -0.15) is 0 Å². The highest BCUT2D eigenvalue weighted by atomic mass is 16.3. The van der Waals surface area contributed by atoms with Crippen LogP contribution in [0, 0.1) is 0 Å². The lowest BCUT2D eigenvalue weighted by Crippen LogP contribution is -2.41. The SMILES string of the molecule is CC(C(=O)Nc1ccc(N)cc1)N1CC(O)C(O)C1. The van der Waals surface area contributed by atoms with Crippen LogP contribution in [0.4, 0.5) is 11.4 Å². The largest absolute Gasteiger partial charge is 0.399 e. The number of nitrogens with zero attached hydrogens (tertiary/aromatic N) is 1. The van der Waals surface area contributed by atoms with Gasteiger partial charge in [0.05, 0.1) is 18.2 Å². The highest BCUT2D eigenvalue weighted by Crippen LogP contribution is 2.16. The number of carbonyl (C=O) groups excluding carboxylic acids is 1. The number of benzene rings is 1. The average Bonchev–Trinajstić information content (AvgIpc) is 2.71. The third-order valence-electron chi connectivity index (χ3n) is 3.39. The van der Waals surface area contributed by atoms with Crippen LogP contribution in [0.5, 0.6) is 0 Å². The Morgan fingerprint density at radius 1 is 1.32 bits per heavy atom. The third-order valence-corrected chi connectivity index (χ3v) is 3.39. The van der Waals surface area contributed by atoms with E-state index in [1.54, 1.807) is 36.1 Å². The zero-order valence-corrected chi connectivity index (χ0v) is 10.8. The number of carbonyl (C=O) groups is 1. The number of nitrogen functional groups attached to an aromatic ring is 1. The fraction of sp³-hybridized carbons (Fsp3) is 0.462. The van der Waals surface area contributed by atoms with Crippen LogP contribution >= 0.6 is 0 Å². The minimum absolute atomic E-state index is 0.175. The van der Waals surface area contributed by atoms with Crippen molar-refractivity contribution >= 4 is 17.3 Å². The number of nitrogens with two attached hydrogens (primary N) is 1. The molecule has 1 amide bonds. The van der Waals surface area contributed by atoms with Gasteiger partial charge in [0.25, 0.3) is 0 Å². The predicted octanol–water partition coefficient (Wildman–Crippen LogP) is -0.367. The van der Waals surface area contributed by atoms with E-state index >= 15 is 0 Å². The molecule has 0 aliphatic carbocycles. The molecule has 0 aromatic heterocycles. The molecule has 1 aromatic carbocycles. The Bertz CT molecular complexity index is 439. The number of nitrogens with one attached hydrogen (secondary N) is 1. The normalized spacial score (nSPS) is 25.2. The van der Waals surface area contributed by atoms with Crippen LogP contribution in [0.25, 0.3) is 0 Å². The van der Waals surface area contributed by atoms with Crippen LogP contribution in [0.1, 0.15) is 6.92 Å². The Labute approximate surface area is 111 Å². The Balaban J connectivity index is 1.94. The molecule has 0 bridgehead atoms. The van der Waals surface area contributed by atoms with Gasteiger partial charge in [0.15, 0.2) is 0 Å². The van der Waals surface area contributed by atoms with Gasteiger partial charge in [-0.05, 0) is 31.2 Å². The number of hydrogen-bond acceptors (Lipinski definition) is 5. The van der Waals surface area contributed by atoms with Gasteiger partial charge < -0.3 is 21.3 Å². The van der Waals surface area contributed by atoms with Crippen LogP contribution < -0.4 is 11.1 Å². The number of aliphatic hydroxyl groups excluding tert-OH is 2. The molecule has 1 fully saturated rings. The van der Waals surface area contributed by atoms with Gasteiger partial charge in [0.2, 0.25) is 5.91 Å². The molecule has 1 saturated heterocycles. The first kappa shape index (κ1) is 13.8. The maximum absolute atomic E-state index is 12.1. The molecular weight excluding hydrogens is 246 g/mol. The van der Waals surface area contributed by atoms with E-state index in [0.717, 1.165) is 0 Å². The second-order valence-electron chi connectivity index (χ2n) is 4.88. The summed E-state index contributed by atoms with van der Waals surface area (Å²) < 4.78 is 0. The summed E-state index contributed by atoms with van der Waals surface area (Å²) in [6.07, 6.45) is -1.57. The zero-order valence-electron chi connectivity index (χ0n) is 10.8. The van der Waals surface area contributed by atoms with Crippen LogP contribution in [0.15, 0.2) is 24.3 Å². The van der Waals surface area contributed by atoms with Crippen molar-refractivity contribution in [1.82, 2.24) is 4.90 Å². The maximum Gasteiger partial charge on any atom is 0.241 e. The first-order valence-electron chi connectivity index (χ1n) is 6.24. The van der Waals surface area contributed by atoms with Crippen LogP contribution in [-0.4, -0.2) is 52.4 Å². The lowest BCUT2D eigenvalue weighted by Gasteiger charge is -2.22. The van der Waals surface area contributed by atoms with Gasteiger partial charge in [0, 0.05) is 24.5 Å². The second-order valence-corrected chi connectivity index (χ2v) is 4.88. The topological polar surface area (TPSA) is 98.8 Å². The van der Waals surface area contributed by atoms with Gasteiger partial charge in [-0.1, -0.05) is 0 Å². The Morgan fingerprint density at radius 3 is 2.37 bits per heavy atom. The first-order valence-corrected chi connectivity index (χ1v) is 6.24. The Kier molecular flexibility index (Phi) is 4.04. The lowest BCUT2D eigenvalue weighted by molar-refractivity contribution is -0.120. The van der Waals surface area contributed by atoms with E-state index in [9.17, 15) is 15.0 Å². The molecule has 104 valence electrons. The van der Waals surface area contributed by atoms with E-state index in [1.807, 2.05) is 0 Å². The molecule has 5 N–H and O–H groups in total. The maximum atomic E-state index is 12.1. The van der Waals surface area contributed by atoms with Crippen LogP contribution in [0.2, 0.25) is 0 Å². The van der Waals surface area contributed by atoms with Gasteiger partial charge in [-0.15, -0.1) is 0 Å². The number of likely N-dealkylation sites (tertiary alicyclic amines) is 1. The fourth-order valence-corrected chi connectivity index (χ4v) is 2.09. The van der Waals surface area contributed by atoms with Crippen molar-refractivity contribution in [3.63, 3.8) is 0 Å². The van der Waals surface area contributed by atoms with E-state index in [0.29, 0.717) is 24.5 Å². The zero-order chi connectivity index (χ0) is 14.0.